The minimum atomic E-state index is -3.80. The predicted molar refractivity (Wildman–Crippen MR) is 97.6 cm³/mol. The van der Waals surface area contributed by atoms with Crippen molar-refractivity contribution in [3.05, 3.63) is 59.4 Å². The number of rotatable bonds is 7. The van der Waals surface area contributed by atoms with Gasteiger partial charge in [-0.05, 0) is 36.8 Å². The molecule has 0 radical (unpaired) electrons. The van der Waals surface area contributed by atoms with Crippen LogP contribution < -0.4 is 15.2 Å². The van der Waals surface area contributed by atoms with E-state index in [1.54, 1.807) is 6.92 Å². The van der Waals surface area contributed by atoms with Crippen LogP contribution in [0.4, 0.5) is 4.39 Å². The molecular formula is C18H19FN2O6S. The van der Waals surface area contributed by atoms with Crippen LogP contribution in [0.1, 0.15) is 28.9 Å². The second-order valence-corrected chi connectivity index (χ2v) is 7.39. The van der Waals surface area contributed by atoms with E-state index in [2.05, 4.69) is 5.32 Å². The molecule has 0 saturated carbocycles. The highest BCUT2D eigenvalue weighted by Crippen LogP contribution is 2.17. The number of carbonyl (C=O) groups is 2. The normalized spacial score (nSPS) is 12.1. The van der Waals surface area contributed by atoms with E-state index in [1.165, 1.54) is 43.5 Å². The van der Waals surface area contributed by atoms with Gasteiger partial charge >= 0.3 is 5.97 Å². The Kier molecular flexibility index (Phi) is 6.71. The lowest BCUT2D eigenvalue weighted by Crippen LogP contribution is -2.31. The second-order valence-electron chi connectivity index (χ2n) is 5.83. The number of amides is 1. The highest BCUT2D eigenvalue weighted by Gasteiger charge is 2.17. The smallest absolute Gasteiger partial charge is 0.341 e. The summed E-state index contributed by atoms with van der Waals surface area (Å²) in [5.41, 5.74) is 0.300. The van der Waals surface area contributed by atoms with Crippen molar-refractivity contribution in [2.45, 2.75) is 17.9 Å². The molecule has 10 heteroatoms. The zero-order chi connectivity index (χ0) is 20.9. The molecule has 0 bridgehead atoms. The molecule has 0 aromatic heterocycles. The van der Waals surface area contributed by atoms with E-state index in [9.17, 15) is 22.4 Å². The Hall–Kier alpha value is -2.98. The quantitative estimate of drug-likeness (QED) is 0.667. The Morgan fingerprint density at radius 1 is 1.18 bits per heavy atom. The molecule has 3 N–H and O–H groups in total. The third-order valence-corrected chi connectivity index (χ3v) is 4.75. The van der Waals surface area contributed by atoms with E-state index in [1.807, 2.05) is 0 Å². The van der Waals surface area contributed by atoms with Crippen LogP contribution >= 0.6 is 0 Å². The monoisotopic (exact) mass is 410 g/mol. The molecule has 0 fully saturated rings. The van der Waals surface area contributed by atoms with Gasteiger partial charge in [0.1, 0.15) is 11.6 Å². The minimum Gasteiger partial charge on any atom is -0.497 e. The van der Waals surface area contributed by atoms with Crippen LogP contribution in [0.2, 0.25) is 0 Å². The summed E-state index contributed by atoms with van der Waals surface area (Å²) in [7, 11) is -2.44. The maximum atomic E-state index is 13.8. The van der Waals surface area contributed by atoms with Gasteiger partial charge in [-0.3, -0.25) is 4.79 Å². The van der Waals surface area contributed by atoms with Gasteiger partial charge in [0.25, 0.3) is 5.91 Å². The minimum absolute atomic E-state index is 0.0507. The summed E-state index contributed by atoms with van der Waals surface area (Å²) in [6, 6.07) is 8.78. The Labute approximate surface area is 161 Å². The number of methoxy groups -OCH3 is 1. The first-order valence-corrected chi connectivity index (χ1v) is 9.59. The van der Waals surface area contributed by atoms with Gasteiger partial charge in [0, 0.05) is 6.07 Å². The molecule has 0 heterocycles. The summed E-state index contributed by atoms with van der Waals surface area (Å²) >= 11 is 0. The summed E-state index contributed by atoms with van der Waals surface area (Å²) in [5, 5.41) is 7.61. The van der Waals surface area contributed by atoms with Gasteiger partial charge in [-0.25, -0.2) is 22.7 Å². The lowest BCUT2D eigenvalue weighted by molar-refractivity contribution is -0.124. The summed E-state index contributed by atoms with van der Waals surface area (Å²) < 4.78 is 46.0. The van der Waals surface area contributed by atoms with Gasteiger partial charge in [0.2, 0.25) is 10.0 Å². The molecule has 0 spiro atoms. The first-order chi connectivity index (χ1) is 13.1. The topological polar surface area (TPSA) is 125 Å². The summed E-state index contributed by atoms with van der Waals surface area (Å²) in [6.07, 6.45) is 0. The van der Waals surface area contributed by atoms with Crippen molar-refractivity contribution in [1.82, 2.24) is 5.32 Å². The highest BCUT2D eigenvalue weighted by molar-refractivity contribution is 7.89. The first-order valence-electron chi connectivity index (χ1n) is 8.04. The van der Waals surface area contributed by atoms with Crippen molar-refractivity contribution in [3.63, 3.8) is 0 Å². The van der Waals surface area contributed by atoms with Crippen molar-refractivity contribution in [2.75, 3.05) is 13.7 Å². The number of sulfonamides is 1. The predicted octanol–water partition coefficient (Wildman–Crippen LogP) is 1.52. The van der Waals surface area contributed by atoms with Gasteiger partial charge in [0.05, 0.1) is 23.6 Å². The number of hydrogen-bond donors (Lipinski definition) is 2. The lowest BCUT2D eigenvalue weighted by Gasteiger charge is -2.15. The molecule has 2 aromatic rings. The number of hydrogen-bond acceptors (Lipinski definition) is 6. The molecule has 0 unspecified atom stereocenters. The maximum absolute atomic E-state index is 13.8. The zero-order valence-corrected chi connectivity index (χ0v) is 16.0. The van der Waals surface area contributed by atoms with Crippen LogP contribution in [0, 0.1) is 5.82 Å². The fraction of sp³-hybridized carbons (Fsp3) is 0.222. The third kappa shape index (κ3) is 5.51. The molecular weight excluding hydrogens is 391 g/mol. The average Bonchev–Trinajstić information content (AvgIpc) is 2.65. The van der Waals surface area contributed by atoms with Crippen molar-refractivity contribution in [1.29, 1.82) is 0 Å². The van der Waals surface area contributed by atoms with Gasteiger partial charge in [-0.15, -0.1) is 0 Å². The van der Waals surface area contributed by atoms with Crippen LogP contribution in [-0.2, 0) is 19.6 Å². The van der Waals surface area contributed by atoms with E-state index in [0.29, 0.717) is 5.56 Å². The molecule has 2 aromatic carbocycles. The van der Waals surface area contributed by atoms with E-state index >= 15 is 0 Å². The van der Waals surface area contributed by atoms with Gasteiger partial charge in [0.15, 0.2) is 6.61 Å². The third-order valence-electron chi connectivity index (χ3n) is 3.82. The first kappa shape index (κ1) is 21.3. The summed E-state index contributed by atoms with van der Waals surface area (Å²) in [4.78, 5) is 23.8. The van der Waals surface area contributed by atoms with Crippen LogP contribution in [0.3, 0.4) is 0 Å². The van der Waals surface area contributed by atoms with E-state index in [-0.39, 0.29) is 16.2 Å². The second kappa shape index (κ2) is 8.81. The Balaban J connectivity index is 1.92. The standard InChI is InChI=1S/C18H19FN2O6S/c1-11(12-3-6-14(7-4-12)28(20,24)25)21-17(22)10-27-18(23)15-8-5-13(26-2)9-16(15)19/h3-9,11H,10H2,1-2H3,(H,21,22)(H2,20,24,25)/t11-/m1/s1. The van der Waals surface area contributed by atoms with Crippen LogP contribution in [0.5, 0.6) is 5.75 Å². The zero-order valence-electron chi connectivity index (χ0n) is 15.1. The van der Waals surface area contributed by atoms with Gasteiger partial charge < -0.3 is 14.8 Å². The van der Waals surface area contributed by atoms with E-state index in [0.717, 1.165) is 6.07 Å². The van der Waals surface area contributed by atoms with E-state index in [4.69, 9.17) is 14.6 Å². The molecule has 28 heavy (non-hydrogen) atoms. The van der Waals surface area contributed by atoms with Crippen LogP contribution in [0.15, 0.2) is 47.4 Å². The fourth-order valence-electron chi connectivity index (χ4n) is 2.31. The molecule has 0 aliphatic rings. The van der Waals surface area contributed by atoms with Gasteiger partial charge in [-0.2, -0.15) is 0 Å². The number of carbonyl (C=O) groups excluding carboxylic acids is 2. The molecule has 8 nitrogen and oxygen atoms in total. The summed E-state index contributed by atoms with van der Waals surface area (Å²) in [5.74, 6) is -2.17. The van der Waals surface area contributed by atoms with Crippen LogP contribution in [-0.4, -0.2) is 34.0 Å². The SMILES string of the molecule is COc1ccc(C(=O)OCC(=O)N[C@H](C)c2ccc(S(N)(=O)=O)cc2)c(F)c1. The number of nitrogens with two attached hydrogens (primary N) is 1. The van der Waals surface area contributed by atoms with Crippen molar-refractivity contribution < 1.29 is 31.9 Å². The maximum Gasteiger partial charge on any atom is 0.341 e. The molecule has 150 valence electrons. The number of ether oxygens (including phenoxy) is 2. The molecule has 0 aliphatic carbocycles. The molecule has 1 amide bonds. The van der Waals surface area contributed by atoms with Crippen molar-refractivity contribution >= 4 is 21.9 Å². The van der Waals surface area contributed by atoms with Gasteiger partial charge in [-0.1, -0.05) is 12.1 Å². The Morgan fingerprint density at radius 2 is 1.82 bits per heavy atom. The molecule has 1 atom stereocenters. The van der Waals surface area contributed by atoms with Crippen LogP contribution in [0.25, 0.3) is 0 Å². The molecule has 0 aliphatic heterocycles. The average molecular weight is 410 g/mol. The van der Waals surface area contributed by atoms with Crippen molar-refractivity contribution in [2.24, 2.45) is 5.14 Å². The number of primary sulfonamides is 1. The van der Waals surface area contributed by atoms with E-state index < -0.39 is 40.4 Å². The highest BCUT2D eigenvalue weighted by atomic mass is 32.2. The Morgan fingerprint density at radius 3 is 2.36 bits per heavy atom. The lowest BCUT2D eigenvalue weighted by atomic mass is 10.1. The number of benzene rings is 2. The molecule has 2 rings (SSSR count). The number of nitrogens with one attached hydrogen (secondary N) is 1. The number of esters is 1. The largest absolute Gasteiger partial charge is 0.497 e. The molecule has 0 saturated heterocycles. The fourth-order valence-corrected chi connectivity index (χ4v) is 2.83. The van der Waals surface area contributed by atoms with Crippen molar-refractivity contribution in [3.8, 4) is 5.75 Å². The Bertz CT molecular complexity index is 976. The number of halogens is 1. The summed E-state index contributed by atoms with van der Waals surface area (Å²) in [6.45, 7) is 1.05.